The van der Waals surface area contributed by atoms with Gasteiger partial charge >= 0.3 is 0 Å². The molecule has 0 spiro atoms. The van der Waals surface area contributed by atoms with Crippen LogP contribution in [0.25, 0.3) is 10.9 Å². The van der Waals surface area contributed by atoms with Crippen molar-refractivity contribution in [3.63, 3.8) is 0 Å². The summed E-state index contributed by atoms with van der Waals surface area (Å²) in [6, 6.07) is 10.1. The highest BCUT2D eigenvalue weighted by Crippen LogP contribution is 2.18. The minimum Gasteiger partial charge on any atom is -0.387 e. The second-order valence-corrected chi connectivity index (χ2v) is 5.01. The van der Waals surface area contributed by atoms with Crippen LogP contribution in [0, 0.1) is 6.92 Å². The quantitative estimate of drug-likeness (QED) is 0.742. The zero-order chi connectivity index (χ0) is 14.1. The van der Waals surface area contributed by atoms with Crippen molar-refractivity contribution in [2.75, 3.05) is 0 Å². The minimum absolute atomic E-state index is 0.208. The molecule has 0 fully saturated rings. The Morgan fingerprint density at radius 2 is 2.15 bits per heavy atom. The Labute approximate surface area is 121 Å². The van der Waals surface area contributed by atoms with Crippen molar-refractivity contribution in [3.8, 4) is 0 Å². The molecule has 3 rings (SSSR count). The van der Waals surface area contributed by atoms with Gasteiger partial charge in [-0.05, 0) is 24.6 Å². The van der Waals surface area contributed by atoms with Crippen LogP contribution in [0.2, 0.25) is 0 Å². The van der Waals surface area contributed by atoms with Crippen molar-refractivity contribution in [1.29, 1.82) is 0 Å². The lowest BCUT2D eigenvalue weighted by Gasteiger charge is -2.07. The van der Waals surface area contributed by atoms with Gasteiger partial charge in [-0.3, -0.25) is 4.98 Å². The number of thiocarbonyl (C=S) groups is 1. The first-order chi connectivity index (χ1) is 9.63. The highest BCUT2D eigenvalue weighted by atomic mass is 32.1. The van der Waals surface area contributed by atoms with Crippen molar-refractivity contribution >= 4 is 28.1 Å². The second kappa shape index (κ2) is 4.97. The number of para-hydroxylation sites is 1. The van der Waals surface area contributed by atoms with Crippen LogP contribution in [0.15, 0.2) is 36.7 Å². The van der Waals surface area contributed by atoms with Crippen LogP contribution in [0.1, 0.15) is 17.1 Å². The standard InChI is InChI=1S/C14H13N5S/c1-9-6-10(11-4-2-3-5-12(11)17-9)7-19-8-16-14(18-19)13(15)20/h2-6,8H,7H2,1H3,(H2,15,20). The first-order valence-corrected chi connectivity index (χ1v) is 6.59. The summed E-state index contributed by atoms with van der Waals surface area (Å²) in [5.41, 5.74) is 8.63. The molecular weight excluding hydrogens is 270 g/mol. The molecule has 100 valence electrons. The van der Waals surface area contributed by atoms with E-state index in [4.69, 9.17) is 18.0 Å². The van der Waals surface area contributed by atoms with Crippen molar-refractivity contribution in [3.05, 3.63) is 53.7 Å². The number of rotatable bonds is 3. The third-order valence-corrected chi connectivity index (χ3v) is 3.20. The molecule has 0 unspecified atom stereocenters. The van der Waals surface area contributed by atoms with E-state index in [0.717, 1.165) is 22.2 Å². The maximum Gasteiger partial charge on any atom is 0.208 e. The number of nitrogens with two attached hydrogens (primary N) is 1. The van der Waals surface area contributed by atoms with Gasteiger partial charge in [0, 0.05) is 11.1 Å². The topological polar surface area (TPSA) is 69.6 Å². The number of aromatic nitrogens is 4. The summed E-state index contributed by atoms with van der Waals surface area (Å²) in [6.45, 7) is 2.59. The number of benzene rings is 1. The number of nitrogens with zero attached hydrogens (tertiary/aromatic N) is 4. The number of pyridine rings is 1. The van der Waals surface area contributed by atoms with Crippen LogP contribution in [0.4, 0.5) is 0 Å². The normalized spacial score (nSPS) is 10.8. The van der Waals surface area contributed by atoms with E-state index in [1.807, 2.05) is 25.1 Å². The number of hydrogen-bond acceptors (Lipinski definition) is 4. The summed E-state index contributed by atoms with van der Waals surface area (Å²) in [4.78, 5) is 8.82. The molecule has 6 heteroatoms. The Kier molecular flexibility index (Phi) is 3.15. The van der Waals surface area contributed by atoms with E-state index >= 15 is 0 Å². The van der Waals surface area contributed by atoms with E-state index < -0.39 is 0 Å². The lowest BCUT2D eigenvalue weighted by atomic mass is 10.1. The summed E-state index contributed by atoms with van der Waals surface area (Å²) in [7, 11) is 0. The van der Waals surface area contributed by atoms with Gasteiger partial charge in [0.15, 0.2) is 0 Å². The molecule has 5 nitrogen and oxygen atoms in total. The van der Waals surface area contributed by atoms with E-state index in [9.17, 15) is 0 Å². The fraction of sp³-hybridized carbons (Fsp3) is 0.143. The van der Waals surface area contributed by atoms with Gasteiger partial charge in [0.1, 0.15) is 11.3 Å². The molecule has 2 N–H and O–H groups in total. The highest BCUT2D eigenvalue weighted by Gasteiger charge is 2.07. The summed E-state index contributed by atoms with van der Waals surface area (Å²) in [5, 5.41) is 5.38. The van der Waals surface area contributed by atoms with Crippen molar-refractivity contribution < 1.29 is 0 Å². The maximum absolute atomic E-state index is 5.52. The summed E-state index contributed by atoms with van der Waals surface area (Å²) in [5.74, 6) is 0.398. The molecule has 0 saturated carbocycles. The van der Waals surface area contributed by atoms with Crippen molar-refractivity contribution in [2.24, 2.45) is 5.73 Å². The maximum atomic E-state index is 5.52. The van der Waals surface area contributed by atoms with E-state index in [-0.39, 0.29) is 4.99 Å². The summed E-state index contributed by atoms with van der Waals surface area (Å²) < 4.78 is 1.73. The summed E-state index contributed by atoms with van der Waals surface area (Å²) >= 11 is 4.87. The van der Waals surface area contributed by atoms with Gasteiger partial charge in [0.05, 0.1) is 12.1 Å². The van der Waals surface area contributed by atoms with E-state index in [2.05, 4.69) is 27.2 Å². The number of hydrogen-bond donors (Lipinski definition) is 1. The average molecular weight is 283 g/mol. The van der Waals surface area contributed by atoms with Gasteiger partial charge in [0.25, 0.3) is 0 Å². The molecule has 0 aliphatic carbocycles. The molecule has 2 heterocycles. The Bertz CT molecular complexity index is 793. The van der Waals surface area contributed by atoms with Gasteiger partial charge in [-0.2, -0.15) is 0 Å². The molecule has 1 aromatic carbocycles. The van der Waals surface area contributed by atoms with Gasteiger partial charge in [-0.1, -0.05) is 30.4 Å². The van der Waals surface area contributed by atoms with E-state index in [1.165, 1.54) is 0 Å². The third kappa shape index (κ3) is 2.37. The molecule has 0 amide bonds. The molecule has 0 saturated heterocycles. The van der Waals surface area contributed by atoms with Gasteiger partial charge < -0.3 is 5.73 Å². The van der Waals surface area contributed by atoms with Crippen LogP contribution in [-0.2, 0) is 6.54 Å². The number of aryl methyl sites for hydroxylation is 1. The average Bonchev–Trinajstić information content (AvgIpc) is 2.87. The van der Waals surface area contributed by atoms with Crippen molar-refractivity contribution in [2.45, 2.75) is 13.5 Å². The van der Waals surface area contributed by atoms with Gasteiger partial charge in [-0.15, -0.1) is 5.10 Å². The number of fused-ring (bicyclic) bond motifs is 1. The van der Waals surface area contributed by atoms with Crippen LogP contribution in [0.5, 0.6) is 0 Å². The lowest BCUT2D eigenvalue weighted by molar-refractivity contribution is 0.686. The van der Waals surface area contributed by atoms with Gasteiger partial charge in [-0.25, -0.2) is 9.67 Å². The van der Waals surface area contributed by atoms with Crippen LogP contribution < -0.4 is 5.73 Å². The fourth-order valence-corrected chi connectivity index (χ4v) is 2.28. The molecule has 0 bridgehead atoms. The molecular formula is C14H13N5S. The van der Waals surface area contributed by atoms with Crippen LogP contribution >= 0.6 is 12.2 Å². The molecule has 0 atom stereocenters. The Balaban J connectivity index is 2.03. The van der Waals surface area contributed by atoms with Crippen LogP contribution in [0.3, 0.4) is 0 Å². The predicted octanol–water partition coefficient (Wildman–Crippen LogP) is 1.82. The first-order valence-electron chi connectivity index (χ1n) is 6.18. The van der Waals surface area contributed by atoms with E-state index in [1.54, 1.807) is 11.0 Å². The lowest BCUT2D eigenvalue weighted by Crippen LogP contribution is -2.12. The van der Waals surface area contributed by atoms with Gasteiger partial charge in [0.2, 0.25) is 5.82 Å². The highest BCUT2D eigenvalue weighted by molar-refractivity contribution is 7.80. The zero-order valence-corrected chi connectivity index (χ0v) is 11.8. The van der Waals surface area contributed by atoms with E-state index in [0.29, 0.717) is 12.4 Å². The predicted molar refractivity (Wildman–Crippen MR) is 81.5 cm³/mol. The Morgan fingerprint density at radius 1 is 1.35 bits per heavy atom. The Morgan fingerprint density at radius 3 is 2.90 bits per heavy atom. The van der Waals surface area contributed by atoms with Crippen molar-refractivity contribution in [1.82, 2.24) is 19.7 Å². The zero-order valence-electron chi connectivity index (χ0n) is 10.9. The largest absolute Gasteiger partial charge is 0.387 e. The SMILES string of the molecule is Cc1cc(Cn2cnc(C(N)=S)n2)c2ccccc2n1. The molecule has 0 radical (unpaired) electrons. The smallest absolute Gasteiger partial charge is 0.208 e. The second-order valence-electron chi connectivity index (χ2n) is 4.57. The summed E-state index contributed by atoms with van der Waals surface area (Å²) in [6.07, 6.45) is 1.64. The molecule has 3 aromatic rings. The monoisotopic (exact) mass is 283 g/mol. The third-order valence-electron chi connectivity index (χ3n) is 3.02. The Hall–Kier alpha value is -2.34. The van der Waals surface area contributed by atoms with Crippen LogP contribution in [-0.4, -0.2) is 24.7 Å². The molecule has 2 aromatic heterocycles. The molecule has 0 aliphatic rings. The molecule has 20 heavy (non-hydrogen) atoms. The fourth-order valence-electron chi connectivity index (χ4n) is 2.18. The molecule has 0 aliphatic heterocycles. The minimum atomic E-state index is 0.208. The first kappa shape index (κ1) is 12.7.